The largest absolute Gasteiger partial charge is 0.480 e. The average Bonchev–Trinajstić information content (AvgIpc) is 2.60. The Hall–Kier alpha value is -2.37. The van der Waals surface area contributed by atoms with Crippen LogP contribution in [-0.4, -0.2) is 52.7 Å². The molecule has 148 valence electrons. The Morgan fingerprint density at radius 1 is 1.00 bits per heavy atom. The molecule has 0 aliphatic carbocycles. The Kier molecular flexibility index (Phi) is 9.54. The lowest BCUT2D eigenvalue weighted by Gasteiger charge is -2.16. The highest BCUT2D eigenvalue weighted by Gasteiger charge is 2.21. The van der Waals surface area contributed by atoms with Gasteiger partial charge < -0.3 is 26.2 Å². The van der Waals surface area contributed by atoms with E-state index in [0.29, 0.717) is 24.9 Å². The molecule has 0 saturated carbocycles. The van der Waals surface area contributed by atoms with Crippen LogP contribution in [0.2, 0.25) is 0 Å². The van der Waals surface area contributed by atoms with E-state index in [1.807, 2.05) is 12.1 Å². The SMILES string of the molecule is C[C@H](NC(=O)N[C@@H](CCCCNC(=O)c1ccc(I)cc1)C(=O)O)C(=O)O. The molecule has 27 heavy (non-hydrogen) atoms. The number of rotatable bonds is 10. The number of urea groups is 1. The first-order valence-electron chi connectivity index (χ1n) is 8.27. The summed E-state index contributed by atoms with van der Waals surface area (Å²) in [6.45, 7) is 1.65. The van der Waals surface area contributed by atoms with E-state index >= 15 is 0 Å². The summed E-state index contributed by atoms with van der Waals surface area (Å²) in [6.07, 6.45) is 1.15. The number of carbonyl (C=O) groups excluding carboxylic acids is 2. The van der Waals surface area contributed by atoms with Gasteiger partial charge in [-0.2, -0.15) is 0 Å². The van der Waals surface area contributed by atoms with Crippen LogP contribution in [-0.2, 0) is 9.59 Å². The first kappa shape index (κ1) is 22.7. The van der Waals surface area contributed by atoms with Crippen molar-refractivity contribution in [2.45, 2.75) is 38.3 Å². The molecule has 0 aromatic heterocycles. The van der Waals surface area contributed by atoms with E-state index in [1.54, 1.807) is 12.1 Å². The average molecular weight is 491 g/mol. The molecule has 0 spiro atoms. The molecule has 0 saturated heterocycles. The number of benzene rings is 1. The van der Waals surface area contributed by atoms with Gasteiger partial charge in [0.2, 0.25) is 0 Å². The van der Waals surface area contributed by atoms with E-state index in [-0.39, 0.29) is 12.3 Å². The van der Waals surface area contributed by atoms with Gasteiger partial charge in [-0.15, -0.1) is 0 Å². The first-order chi connectivity index (χ1) is 12.7. The highest BCUT2D eigenvalue weighted by atomic mass is 127. The van der Waals surface area contributed by atoms with Crippen LogP contribution in [0.4, 0.5) is 4.79 Å². The minimum atomic E-state index is -1.22. The summed E-state index contributed by atoms with van der Waals surface area (Å²) in [5.41, 5.74) is 0.546. The van der Waals surface area contributed by atoms with Gasteiger partial charge in [0.1, 0.15) is 12.1 Å². The Balaban J connectivity index is 2.33. The monoisotopic (exact) mass is 491 g/mol. The molecule has 3 amide bonds. The van der Waals surface area contributed by atoms with Crippen molar-refractivity contribution in [3.05, 3.63) is 33.4 Å². The van der Waals surface area contributed by atoms with Crippen LogP contribution >= 0.6 is 22.6 Å². The molecule has 10 heteroatoms. The molecule has 0 aliphatic rings. The summed E-state index contributed by atoms with van der Waals surface area (Å²) in [6, 6.07) is 3.97. The summed E-state index contributed by atoms with van der Waals surface area (Å²) in [4.78, 5) is 45.5. The fourth-order valence-electron chi connectivity index (χ4n) is 2.09. The minimum absolute atomic E-state index is 0.156. The number of hydrogen-bond donors (Lipinski definition) is 5. The third-order valence-corrected chi connectivity index (χ3v) is 4.35. The van der Waals surface area contributed by atoms with Crippen molar-refractivity contribution >= 4 is 46.5 Å². The molecule has 1 aromatic rings. The zero-order chi connectivity index (χ0) is 20.4. The Morgan fingerprint density at radius 3 is 2.19 bits per heavy atom. The quantitative estimate of drug-likeness (QED) is 0.247. The van der Waals surface area contributed by atoms with Gasteiger partial charge in [-0.3, -0.25) is 9.59 Å². The fraction of sp³-hybridized carbons (Fsp3) is 0.412. The number of halogens is 1. The summed E-state index contributed by atoms with van der Waals surface area (Å²) in [5, 5.41) is 25.0. The lowest BCUT2D eigenvalue weighted by Crippen LogP contribution is -2.50. The van der Waals surface area contributed by atoms with Crippen LogP contribution in [0, 0.1) is 3.57 Å². The predicted molar refractivity (Wildman–Crippen MR) is 106 cm³/mol. The molecule has 1 rings (SSSR count). The smallest absolute Gasteiger partial charge is 0.326 e. The van der Waals surface area contributed by atoms with E-state index in [4.69, 9.17) is 10.2 Å². The highest BCUT2D eigenvalue weighted by Crippen LogP contribution is 2.07. The second-order valence-electron chi connectivity index (χ2n) is 5.83. The van der Waals surface area contributed by atoms with Crippen LogP contribution in [0.5, 0.6) is 0 Å². The Labute approximate surface area is 170 Å². The second kappa shape index (κ2) is 11.4. The Bertz CT molecular complexity index is 680. The predicted octanol–water partition coefficient (Wildman–Crippen LogP) is 1.42. The van der Waals surface area contributed by atoms with Crippen molar-refractivity contribution in [1.82, 2.24) is 16.0 Å². The van der Waals surface area contributed by atoms with Crippen molar-refractivity contribution < 1.29 is 29.4 Å². The van der Waals surface area contributed by atoms with Crippen LogP contribution in [0.1, 0.15) is 36.5 Å². The third-order valence-electron chi connectivity index (χ3n) is 3.63. The molecular weight excluding hydrogens is 469 g/mol. The van der Waals surface area contributed by atoms with E-state index in [2.05, 4.69) is 38.5 Å². The fourth-order valence-corrected chi connectivity index (χ4v) is 2.45. The van der Waals surface area contributed by atoms with E-state index in [9.17, 15) is 19.2 Å². The number of carboxylic acid groups (broad SMARTS) is 2. The van der Waals surface area contributed by atoms with Gasteiger partial charge >= 0.3 is 18.0 Å². The van der Waals surface area contributed by atoms with Gasteiger partial charge in [-0.05, 0) is 73.0 Å². The maximum Gasteiger partial charge on any atom is 0.326 e. The summed E-state index contributed by atoms with van der Waals surface area (Å²) < 4.78 is 1.03. The number of nitrogens with one attached hydrogen (secondary N) is 3. The molecule has 2 atom stereocenters. The van der Waals surface area contributed by atoms with Crippen LogP contribution < -0.4 is 16.0 Å². The van der Waals surface area contributed by atoms with Crippen molar-refractivity contribution in [2.24, 2.45) is 0 Å². The number of carboxylic acids is 2. The molecule has 0 fully saturated rings. The van der Waals surface area contributed by atoms with Crippen LogP contribution in [0.25, 0.3) is 0 Å². The molecule has 0 radical (unpaired) electrons. The van der Waals surface area contributed by atoms with Crippen molar-refractivity contribution in [3.8, 4) is 0 Å². The van der Waals surface area contributed by atoms with E-state index in [0.717, 1.165) is 3.57 Å². The van der Waals surface area contributed by atoms with Gasteiger partial charge in [0.05, 0.1) is 0 Å². The van der Waals surface area contributed by atoms with Crippen molar-refractivity contribution in [3.63, 3.8) is 0 Å². The molecule has 9 nitrogen and oxygen atoms in total. The van der Waals surface area contributed by atoms with Gasteiger partial charge in [-0.25, -0.2) is 9.59 Å². The summed E-state index contributed by atoms with van der Waals surface area (Å²) in [5.74, 6) is -2.64. The van der Waals surface area contributed by atoms with Crippen molar-refractivity contribution in [2.75, 3.05) is 6.54 Å². The topological polar surface area (TPSA) is 145 Å². The molecule has 0 bridgehead atoms. The molecule has 0 heterocycles. The highest BCUT2D eigenvalue weighted by molar-refractivity contribution is 14.1. The van der Waals surface area contributed by atoms with Crippen LogP contribution in [0.3, 0.4) is 0 Å². The minimum Gasteiger partial charge on any atom is -0.480 e. The lowest BCUT2D eigenvalue weighted by atomic mass is 10.1. The van der Waals surface area contributed by atoms with E-state index < -0.39 is 30.1 Å². The zero-order valence-corrected chi connectivity index (χ0v) is 16.9. The number of hydrogen-bond acceptors (Lipinski definition) is 4. The second-order valence-corrected chi connectivity index (χ2v) is 7.07. The number of aliphatic carboxylic acids is 2. The number of carbonyl (C=O) groups is 4. The molecule has 1 aromatic carbocycles. The maximum atomic E-state index is 11.9. The van der Waals surface area contributed by atoms with Gasteiger partial charge in [-0.1, -0.05) is 0 Å². The molecule has 5 N–H and O–H groups in total. The zero-order valence-electron chi connectivity index (χ0n) is 14.7. The number of unbranched alkanes of at least 4 members (excludes halogenated alkanes) is 1. The van der Waals surface area contributed by atoms with Gasteiger partial charge in [0.15, 0.2) is 0 Å². The molecule has 0 unspecified atom stereocenters. The third kappa shape index (κ3) is 8.71. The lowest BCUT2D eigenvalue weighted by molar-refractivity contribution is -0.139. The first-order valence-corrected chi connectivity index (χ1v) is 9.35. The normalized spacial score (nSPS) is 12.5. The van der Waals surface area contributed by atoms with Gasteiger partial charge in [0, 0.05) is 15.7 Å². The summed E-state index contributed by atoms with van der Waals surface area (Å²) >= 11 is 2.15. The summed E-state index contributed by atoms with van der Waals surface area (Å²) in [7, 11) is 0. The maximum absolute atomic E-state index is 11.9. The van der Waals surface area contributed by atoms with Gasteiger partial charge in [0.25, 0.3) is 5.91 Å². The standard InChI is InChI=1S/C17H22IN3O6/c1-10(15(23)24)20-17(27)21-13(16(25)26)4-2-3-9-19-14(22)11-5-7-12(18)8-6-11/h5-8,10,13H,2-4,9H2,1H3,(H,19,22)(H,23,24)(H,25,26)(H2,20,21,27)/t10-,13-/m0/s1. The van der Waals surface area contributed by atoms with Crippen molar-refractivity contribution in [1.29, 1.82) is 0 Å². The molecule has 0 aliphatic heterocycles. The van der Waals surface area contributed by atoms with E-state index in [1.165, 1.54) is 6.92 Å². The number of amides is 3. The Morgan fingerprint density at radius 2 is 1.63 bits per heavy atom. The van der Waals surface area contributed by atoms with Crippen LogP contribution in [0.15, 0.2) is 24.3 Å². The molecular formula is C17H22IN3O6.